The van der Waals surface area contributed by atoms with Gasteiger partial charge in [-0.25, -0.2) is 4.68 Å². The fourth-order valence-electron chi connectivity index (χ4n) is 3.75. The highest BCUT2D eigenvalue weighted by molar-refractivity contribution is 6.06. The van der Waals surface area contributed by atoms with Crippen LogP contribution in [0, 0.1) is 0 Å². The van der Waals surface area contributed by atoms with Gasteiger partial charge in [-0.05, 0) is 48.9 Å². The van der Waals surface area contributed by atoms with Crippen LogP contribution in [0.15, 0.2) is 90.4 Å². The molecule has 3 N–H and O–H groups in total. The van der Waals surface area contributed by atoms with E-state index >= 15 is 0 Å². The molecule has 0 bridgehead atoms. The summed E-state index contributed by atoms with van der Waals surface area (Å²) in [5, 5.41) is 20.7. The summed E-state index contributed by atoms with van der Waals surface area (Å²) in [6.45, 7) is 1.84. The number of fused-ring (bicyclic) bond motifs is 1. The summed E-state index contributed by atoms with van der Waals surface area (Å²) < 4.78 is 1.70. The summed E-state index contributed by atoms with van der Waals surface area (Å²) in [7, 11) is 0. The second-order valence-corrected chi connectivity index (χ2v) is 7.42. The Labute approximate surface area is 184 Å². The molecule has 0 saturated heterocycles. The third-order valence-electron chi connectivity index (χ3n) is 5.26. The van der Waals surface area contributed by atoms with E-state index < -0.39 is 6.04 Å². The molecule has 8 nitrogen and oxygen atoms in total. The summed E-state index contributed by atoms with van der Waals surface area (Å²) in [4.78, 5) is 22.2. The van der Waals surface area contributed by atoms with E-state index in [0.717, 1.165) is 11.1 Å². The van der Waals surface area contributed by atoms with Crippen LogP contribution in [0.25, 0.3) is 11.4 Å². The van der Waals surface area contributed by atoms with Gasteiger partial charge in [-0.1, -0.05) is 30.3 Å². The highest BCUT2D eigenvalue weighted by Crippen LogP contribution is 2.37. The molecule has 3 heterocycles. The molecule has 1 unspecified atom stereocenters. The van der Waals surface area contributed by atoms with Gasteiger partial charge in [0.1, 0.15) is 11.8 Å². The van der Waals surface area contributed by atoms with Crippen molar-refractivity contribution in [3.8, 4) is 17.1 Å². The molecule has 0 spiro atoms. The van der Waals surface area contributed by atoms with Crippen molar-refractivity contribution in [1.82, 2.24) is 19.7 Å². The second-order valence-electron chi connectivity index (χ2n) is 7.42. The highest BCUT2D eigenvalue weighted by atomic mass is 16.3. The van der Waals surface area contributed by atoms with E-state index in [2.05, 4.69) is 20.6 Å². The number of aromatic hydroxyl groups is 1. The topological polar surface area (TPSA) is 105 Å². The van der Waals surface area contributed by atoms with Crippen molar-refractivity contribution in [2.45, 2.75) is 13.0 Å². The highest BCUT2D eigenvalue weighted by Gasteiger charge is 2.34. The molecular weight excluding hydrogens is 404 g/mol. The molecule has 0 aliphatic carbocycles. The maximum Gasteiger partial charge on any atom is 0.255 e. The summed E-state index contributed by atoms with van der Waals surface area (Å²) in [5.41, 5.74) is 3.45. The number of rotatable bonds is 4. The molecular formula is C24H20N6O2. The molecule has 1 atom stereocenters. The molecule has 2 aromatic carbocycles. The average molecular weight is 424 g/mol. The Balaban J connectivity index is 1.60. The SMILES string of the molecule is CC1=C(C(=O)Nc2ccccc2)C(c2ccc(O)cc2)n2nc(-c3cccnc3)nc2N1. The first kappa shape index (κ1) is 19.5. The standard InChI is InChI=1S/C24H20N6O2/c1-15-20(23(32)27-18-7-3-2-4-8-18)21(16-9-11-19(31)12-10-16)30-24(26-15)28-22(29-30)17-6-5-13-25-14-17/h2-14,21,31H,1H3,(H,27,32)(H,26,28,29). The van der Waals surface area contributed by atoms with Gasteiger partial charge in [0.2, 0.25) is 5.95 Å². The van der Waals surface area contributed by atoms with Crippen LogP contribution < -0.4 is 10.6 Å². The summed E-state index contributed by atoms with van der Waals surface area (Å²) >= 11 is 0. The van der Waals surface area contributed by atoms with Crippen molar-refractivity contribution in [1.29, 1.82) is 0 Å². The maximum absolute atomic E-state index is 13.4. The molecule has 8 heteroatoms. The summed E-state index contributed by atoms with van der Waals surface area (Å²) in [6, 6.07) is 19.2. The van der Waals surface area contributed by atoms with E-state index in [9.17, 15) is 9.90 Å². The normalized spacial score (nSPS) is 15.1. The Bertz CT molecular complexity index is 1300. The maximum atomic E-state index is 13.4. The molecule has 4 aromatic rings. The molecule has 1 aliphatic rings. The minimum atomic E-state index is -0.534. The van der Waals surface area contributed by atoms with Crippen molar-refractivity contribution >= 4 is 17.5 Å². The lowest BCUT2D eigenvalue weighted by molar-refractivity contribution is -0.113. The smallest absolute Gasteiger partial charge is 0.255 e. The molecule has 5 rings (SSSR count). The number of benzene rings is 2. The third-order valence-corrected chi connectivity index (χ3v) is 5.26. The monoisotopic (exact) mass is 424 g/mol. The van der Waals surface area contributed by atoms with Gasteiger partial charge in [0.15, 0.2) is 5.82 Å². The number of para-hydroxylation sites is 1. The van der Waals surface area contributed by atoms with Crippen LogP contribution in [0.1, 0.15) is 18.5 Å². The van der Waals surface area contributed by atoms with Crippen LogP contribution in [0.4, 0.5) is 11.6 Å². The number of hydrogen-bond donors (Lipinski definition) is 3. The number of nitrogens with one attached hydrogen (secondary N) is 2. The number of anilines is 2. The Morgan fingerprint density at radius 3 is 2.56 bits per heavy atom. The van der Waals surface area contributed by atoms with Crippen LogP contribution in [0.2, 0.25) is 0 Å². The fraction of sp³-hybridized carbons (Fsp3) is 0.0833. The van der Waals surface area contributed by atoms with E-state index in [1.807, 2.05) is 49.4 Å². The molecule has 158 valence electrons. The molecule has 1 amide bonds. The van der Waals surface area contributed by atoms with Gasteiger partial charge in [-0.15, -0.1) is 5.10 Å². The zero-order valence-electron chi connectivity index (χ0n) is 17.2. The van der Waals surface area contributed by atoms with Gasteiger partial charge >= 0.3 is 0 Å². The Kier molecular flexibility index (Phi) is 4.87. The number of hydrogen-bond acceptors (Lipinski definition) is 6. The predicted molar refractivity (Wildman–Crippen MR) is 121 cm³/mol. The molecule has 0 fully saturated rings. The van der Waals surface area contributed by atoms with E-state index in [1.165, 1.54) is 0 Å². The lowest BCUT2D eigenvalue weighted by Crippen LogP contribution is -2.31. The molecule has 32 heavy (non-hydrogen) atoms. The van der Waals surface area contributed by atoms with Gasteiger partial charge in [-0.2, -0.15) is 4.98 Å². The first-order chi connectivity index (χ1) is 15.6. The zero-order chi connectivity index (χ0) is 22.1. The van der Waals surface area contributed by atoms with Gasteiger partial charge in [0, 0.05) is 29.3 Å². The second kappa shape index (κ2) is 7.99. The number of carbonyl (C=O) groups excluding carboxylic acids is 1. The van der Waals surface area contributed by atoms with Crippen molar-refractivity contribution in [2.75, 3.05) is 10.6 Å². The van der Waals surface area contributed by atoms with E-state index in [1.54, 1.807) is 41.3 Å². The molecule has 2 aromatic heterocycles. The van der Waals surface area contributed by atoms with Crippen molar-refractivity contribution in [3.63, 3.8) is 0 Å². The number of nitrogens with zero attached hydrogens (tertiary/aromatic N) is 4. The van der Waals surface area contributed by atoms with Gasteiger partial charge in [0.25, 0.3) is 5.91 Å². The van der Waals surface area contributed by atoms with Crippen molar-refractivity contribution in [3.05, 3.63) is 96.0 Å². The van der Waals surface area contributed by atoms with Crippen LogP contribution in [0.5, 0.6) is 5.75 Å². The number of carbonyl (C=O) groups is 1. The molecule has 1 aliphatic heterocycles. The van der Waals surface area contributed by atoms with Crippen LogP contribution in [-0.2, 0) is 4.79 Å². The minimum Gasteiger partial charge on any atom is -0.508 e. The van der Waals surface area contributed by atoms with Crippen LogP contribution >= 0.6 is 0 Å². The Morgan fingerprint density at radius 2 is 1.84 bits per heavy atom. The van der Waals surface area contributed by atoms with Crippen molar-refractivity contribution in [2.24, 2.45) is 0 Å². The fourth-order valence-corrected chi connectivity index (χ4v) is 3.75. The Hall–Kier alpha value is -4.46. The Morgan fingerprint density at radius 1 is 1.06 bits per heavy atom. The number of phenolic OH excluding ortho intramolecular Hbond substituents is 1. The minimum absolute atomic E-state index is 0.147. The largest absolute Gasteiger partial charge is 0.508 e. The van der Waals surface area contributed by atoms with Crippen LogP contribution in [-0.4, -0.2) is 30.8 Å². The van der Waals surface area contributed by atoms with E-state index in [-0.39, 0.29) is 11.7 Å². The summed E-state index contributed by atoms with van der Waals surface area (Å²) in [5.74, 6) is 0.925. The van der Waals surface area contributed by atoms with Crippen LogP contribution in [0.3, 0.4) is 0 Å². The van der Waals surface area contributed by atoms with Gasteiger partial charge in [-0.3, -0.25) is 9.78 Å². The lowest BCUT2D eigenvalue weighted by atomic mass is 9.95. The quantitative estimate of drug-likeness (QED) is 0.458. The first-order valence-electron chi connectivity index (χ1n) is 10.1. The average Bonchev–Trinajstić information content (AvgIpc) is 3.23. The first-order valence-corrected chi connectivity index (χ1v) is 10.1. The third kappa shape index (κ3) is 3.58. The number of pyridine rings is 1. The summed E-state index contributed by atoms with van der Waals surface area (Å²) in [6.07, 6.45) is 3.38. The lowest BCUT2D eigenvalue weighted by Gasteiger charge is -2.28. The predicted octanol–water partition coefficient (Wildman–Crippen LogP) is 3.97. The van der Waals surface area contributed by atoms with Gasteiger partial charge in [0.05, 0.1) is 5.57 Å². The van der Waals surface area contributed by atoms with E-state index in [0.29, 0.717) is 28.7 Å². The van der Waals surface area contributed by atoms with Gasteiger partial charge < -0.3 is 15.7 Å². The molecule has 0 radical (unpaired) electrons. The number of amides is 1. The number of aromatic nitrogens is 4. The number of phenols is 1. The zero-order valence-corrected chi connectivity index (χ0v) is 17.2. The molecule has 0 saturated carbocycles. The number of allylic oxidation sites excluding steroid dienone is 1. The van der Waals surface area contributed by atoms with E-state index in [4.69, 9.17) is 5.10 Å². The van der Waals surface area contributed by atoms with Crippen molar-refractivity contribution < 1.29 is 9.90 Å².